The van der Waals surface area contributed by atoms with Crippen LogP contribution in [0.25, 0.3) is 0 Å². The summed E-state index contributed by atoms with van der Waals surface area (Å²) >= 11 is 0. The predicted molar refractivity (Wildman–Crippen MR) is 77.8 cm³/mol. The fraction of sp³-hybridized carbons (Fsp3) is 0.786. The lowest BCUT2D eigenvalue weighted by Crippen LogP contribution is -2.49. The normalized spacial score (nSPS) is 22.2. The average molecular weight is 299 g/mol. The van der Waals surface area contributed by atoms with E-state index in [4.69, 9.17) is 5.11 Å². The molecule has 0 spiro atoms. The fourth-order valence-electron chi connectivity index (χ4n) is 2.44. The SMILES string of the molecule is CNC(=O)C(C)(C)CNC(=O)NC1CCC(C(=O)O)CC1. The van der Waals surface area contributed by atoms with Crippen LogP contribution < -0.4 is 16.0 Å². The molecule has 0 aromatic heterocycles. The lowest BCUT2D eigenvalue weighted by molar-refractivity contribution is -0.142. The van der Waals surface area contributed by atoms with Crippen LogP contribution in [-0.4, -0.2) is 42.6 Å². The van der Waals surface area contributed by atoms with Gasteiger partial charge in [-0.15, -0.1) is 0 Å². The summed E-state index contributed by atoms with van der Waals surface area (Å²) in [4.78, 5) is 34.3. The summed E-state index contributed by atoms with van der Waals surface area (Å²) < 4.78 is 0. The van der Waals surface area contributed by atoms with Gasteiger partial charge >= 0.3 is 12.0 Å². The van der Waals surface area contributed by atoms with Gasteiger partial charge in [-0.2, -0.15) is 0 Å². The molecular formula is C14H25N3O4. The Morgan fingerprint density at radius 1 is 1.14 bits per heavy atom. The third-order valence-electron chi connectivity index (χ3n) is 3.94. The molecule has 21 heavy (non-hydrogen) atoms. The van der Waals surface area contributed by atoms with Crippen molar-refractivity contribution in [3.05, 3.63) is 0 Å². The van der Waals surface area contributed by atoms with Crippen molar-refractivity contribution in [2.45, 2.75) is 45.6 Å². The molecule has 1 fully saturated rings. The highest BCUT2D eigenvalue weighted by atomic mass is 16.4. The smallest absolute Gasteiger partial charge is 0.315 e. The van der Waals surface area contributed by atoms with E-state index in [-0.39, 0.29) is 30.4 Å². The largest absolute Gasteiger partial charge is 0.481 e. The van der Waals surface area contributed by atoms with E-state index in [0.29, 0.717) is 25.7 Å². The van der Waals surface area contributed by atoms with E-state index >= 15 is 0 Å². The minimum Gasteiger partial charge on any atom is -0.481 e. The number of hydrogen-bond acceptors (Lipinski definition) is 3. The van der Waals surface area contributed by atoms with E-state index in [2.05, 4.69) is 16.0 Å². The first-order chi connectivity index (χ1) is 9.76. The Morgan fingerprint density at radius 2 is 1.71 bits per heavy atom. The maximum absolute atomic E-state index is 11.8. The summed E-state index contributed by atoms with van der Waals surface area (Å²) in [5.41, 5.74) is -0.674. The van der Waals surface area contributed by atoms with E-state index < -0.39 is 11.4 Å². The van der Waals surface area contributed by atoms with E-state index in [1.54, 1.807) is 20.9 Å². The van der Waals surface area contributed by atoms with Gasteiger partial charge < -0.3 is 21.1 Å². The second-order valence-corrected chi connectivity index (χ2v) is 6.18. The van der Waals surface area contributed by atoms with E-state index in [0.717, 1.165) is 0 Å². The fourth-order valence-corrected chi connectivity index (χ4v) is 2.44. The van der Waals surface area contributed by atoms with Crippen molar-refractivity contribution < 1.29 is 19.5 Å². The molecule has 0 atom stereocenters. The molecule has 0 aliphatic heterocycles. The van der Waals surface area contributed by atoms with Crippen LogP contribution in [0.5, 0.6) is 0 Å². The van der Waals surface area contributed by atoms with Gasteiger partial charge in [-0.1, -0.05) is 0 Å². The topological polar surface area (TPSA) is 108 Å². The molecule has 7 heteroatoms. The monoisotopic (exact) mass is 299 g/mol. The summed E-state index contributed by atoms with van der Waals surface area (Å²) in [6, 6.07) is -0.311. The number of carboxylic acids is 1. The number of hydrogen-bond donors (Lipinski definition) is 4. The average Bonchev–Trinajstić information content (AvgIpc) is 2.45. The molecule has 0 aromatic rings. The molecule has 0 bridgehead atoms. The molecule has 1 aliphatic rings. The number of carbonyl (C=O) groups is 3. The van der Waals surface area contributed by atoms with E-state index in [1.165, 1.54) is 0 Å². The molecule has 1 aliphatic carbocycles. The number of urea groups is 1. The Hall–Kier alpha value is -1.79. The molecule has 1 rings (SSSR count). The highest BCUT2D eigenvalue weighted by molar-refractivity contribution is 5.83. The second-order valence-electron chi connectivity index (χ2n) is 6.18. The Labute approximate surface area is 124 Å². The molecule has 7 nitrogen and oxygen atoms in total. The molecule has 4 N–H and O–H groups in total. The van der Waals surface area contributed by atoms with Crippen molar-refractivity contribution in [2.75, 3.05) is 13.6 Å². The van der Waals surface area contributed by atoms with Gasteiger partial charge in [-0.3, -0.25) is 9.59 Å². The van der Waals surface area contributed by atoms with Crippen molar-refractivity contribution in [3.8, 4) is 0 Å². The number of carboxylic acid groups (broad SMARTS) is 1. The molecule has 0 heterocycles. The quantitative estimate of drug-likeness (QED) is 0.599. The van der Waals surface area contributed by atoms with Crippen LogP contribution in [0.2, 0.25) is 0 Å². The van der Waals surface area contributed by atoms with Gasteiger partial charge in [0.1, 0.15) is 0 Å². The third kappa shape index (κ3) is 5.24. The predicted octanol–water partition coefficient (Wildman–Crippen LogP) is 0.701. The van der Waals surface area contributed by atoms with E-state index in [1.807, 2.05) is 0 Å². The second kappa shape index (κ2) is 7.28. The standard InChI is InChI=1S/C14H25N3O4/c1-14(2,12(20)15-3)8-16-13(21)17-10-6-4-9(5-7-10)11(18)19/h9-10H,4-8H2,1-3H3,(H,15,20)(H,18,19)(H2,16,17,21). The zero-order valence-electron chi connectivity index (χ0n) is 12.9. The highest BCUT2D eigenvalue weighted by Gasteiger charge is 2.29. The van der Waals surface area contributed by atoms with Crippen molar-refractivity contribution in [1.82, 2.24) is 16.0 Å². The lowest BCUT2D eigenvalue weighted by Gasteiger charge is -2.28. The minimum absolute atomic E-state index is 0.00344. The van der Waals surface area contributed by atoms with Crippen LogP contribution in [-0.2, 0) is 9.59 Å². The first-order valence-corrected chi connectivity index (χ1v) is 7.25. The van der Waals surface area contributed by atoms with Crippen LogP contribution in [0.1, 0.15) is 39.5 Å². The van der Waals surface area contributed by atoms with Crippen LogP contribution in [0.15, 0.2) is 0 Å². The summed E-state index contributed by atoms with van der Waals surface area (Å²) in [5.74, 6) is -1.19. The molecule has 1 saturated carbocycles. The van der Waals surface area contributed by atoms with Crippen molar-refractivity contribution in [3.63, 3.8) is 0 Å². The first kappa shape index (κ1) is 17.3. The van der Waals surface area contributed by atoms with Crippen LogP contribution in [0.3, 0.4) is 0 Å². The zero-order valence-corrected chi connectivity index (χ0v) is 12.9. The maximum atomic E-state index is 11.8. The van der Waals surface area contributed by atoms with Gasteiger partial charge in [0, 0.05) is 19.6 Å². The molecule has 120 valence electrons. The van der Waals surface area contributed by atoms with Gasteiger partial charge in [0.25, 0.3) is 0 Å². The van der Waals surface area contributed by atoms with Gasteiger partial charge in [0.2, 0.25) is 5.91 Å². The van der Waals surface area contributed by atoms with Gasteiger partial charge in [-0.05, 0) is 39.5 Å². The zero-order chi connectivity index (χ0) is 16.0. The molecule has 0 saturated heterocycles. The molecule has 0 aromatic carbocycles. The van der Waals surface area contributed by atoms with Crippen molar-refractivity contribution >= 4 is 17.9 Å². The maximum Gasteiger partial charge on any atom is 0.315 e. The molecule has 3 amide bonds. The van der Waals surface area contributed by atoms with Gasteiger partial charge in [0.15, 0.2) is 0 Å². The van der Waals surface area contributed by atoms with Crippen LogP contribution >= 0.6 is 0 Å². The number of nitrogens with one attached hydrogen (secondary N) is 3. The third-order valence-corrected chi connectivity index (χ3v) is 3.94. The molecule has 0 unspecified atom stereocenters. The minimum atomic E-state index is -0.759. The van der Waals surface area contributed by atoms with Crippen LogP contribution in [0, 0.1) is 11.3 Å². The molecule has 0 radical (unpaired) electrons. The lowest BCUT2D eigenvalue weighted by atomic mass is 9.86. The molecular weight excluding hydrogens is 274 g/mol. The number of rotatable bonds is 5. The summed E-state index contributed by atoms with van der Waals surface area (Å²) in [7, 11) is 1.56. The number of carbonyl (C=O) groups excluding carboxylic acids is 2. The van der Waals surface area contributed by atoms with Gasteiger partial charge in [-0.25, -0.2) is 4.79 Å². The van der Waals surface area contributed by atoms with E-state index in [9.17, 15) is 14.4 Å². The summed E-state index contributed by atoms with van der Waals surface area (Å²) in [5, 5.41) is 17.0. The van der Waals surface area contributed by atoms with Crippen molar-refractivity contribution in [2.24, 2.45) is 11.3 Å². The van der Waals surface area contributed by atoms with Gasteiger partial charge in [0.05, 0.1) is 11.3 Å². The highest BCUT2D eigenvalue weighted by Crippen LogP contribution is 2.24. The summed E-state index contributed by atoms with van der Waals surface area (Å²) in [6.45, 7) is 3.75. The Kier molecular flexibility index (Phi) is 5.99. The first-order valence-electron chi connectivity index (χ1n) is 7.25. The number of aliphatic carboxylic acids is 1. The van der Waals surface area contributed by atoms with Crippen molar-refractivity contribution in [1.29, 1.82) is 0 Å². The summed E-state index contributed by atoms with van der Waals surface area (Å²) in [6.07, 6.45) is 2.51. The Balaban J connectivity index is 2.32. The Morgan fingerprint density at radius 3 is 2.19 bits per heavy atom. The Bertz CT molecular complexity index is 401. The van der Waals surface area contributed by atoms with Crippen LogP contribution in [0.4, 0.5) is 4.79 Å². The number of amides is 3.